The van der Waals surface area contributed by atoms with Gasteiger partial charge in [0.1, 0.15) is 5.75 Å². The molecule has 0 bridgehead atoms. The normalized spacial score (nSPS) is 16.7. The van der Waals surface area contributed by atoms with Crippen molar-refractivity contribution in [1.29, 1.82) is 0 Å². The molecule has 1 N–H and O–H groups in total. The molecule has 1 aromatic carbocycles. The average molecular weight is 260 g/mol. The predicted octanol–water partition coefficient (Wildman–Crippen LogP) is 2.64. The topological polar surface area (TPSA) is 68.4 Å². The van der Waals surface area contributed by atoms with Crippen LogP contribution < -0.4 is 0 Å². The SMILES string of the molecule is Cc1ccc(O)c(-c2nc(C3CCOCC3)no2)c1. The lowest BCUT2D eigenvalue weighted by Crippen LogP contribution is -2.15. The van der Waals surface area contributed by atoms with Gasteiger partial charge in [-0.3, -0.25) is 0 Å². The number of benzene rings is 1. The molecule has 2 aromatic rings. The van der Waals surface area contributed by atoms with Crippen molar-refractivity contribution >= 4 is 0 Å². The largest absolute Gasteiger partial charge is 0.507 e. The van der Waals surface area contributed by atoms with Crippen LogP contribution in [0.15, 0.2) is 22.7 Å². The highest BCUT2D eigenvalue weighted by molar-refractivity contribution is 5.63. The number of nitrogens with zero attached hydrogens (tertiary/aromatic N) is 2. The highest BCUT2D eigenvalue weighted by Gasteiger charge is 2.22. The fraction of sp³-hybridized carbons (Fsp3) is 0.429. The minimum atomic E-state index is 0.160. The molecule has 3 rings (SSSR count). The summed E-state index contributed by atoms with van der Waals surface area (Å²) < 4.78 is 10.6. The van der Waals surface area contributed by atoms with E-state index < -0.39 is 0 Å². The number of phenols is 1. The summed E-state index contributed by atoms with van der Waals surface area (Å²) in [5, 5.41) is 13.9. The van der Waals surface area contributed by atoms with E-state index in [0.717, 1.165) is 31.6 Å². The van der Waals surface area contributed by atoms with Gasteiger partial charge in [0.05, 0.1) is 5.56 Å². The third-order valence-electron chi connectivity index (χ3n) is 3.41. The molecule has 1 fully saturated rings. The number of rotatable bonds is 2. The molecule has 1 aliphatic heterocycles. The second kappa shape index (κ2) is 5.01. The highest BCUT2D eigenvalue weighted by atomic mass is 16.5. The van der Waals surface area contributed by atoms with Gasteiger partial charge in [-0.1, -0.05) is 16.8 Å². The number of ether oxygens (including phenoxy) is 1. The Morgan fingerprint density at radius 1 is 1.26 bits per heavy atom. The zero-order valence-electron chi connectivity index (χ0n) is 10.8. The number of aryl methyl sites for hydroxylation is 1. The zero-order valence-corrected chi connectivity index (χ0v) is 10.8. The molecule has 0 aliphatic carbocycles. The Hall–Kier alpha value is -1.88. The van der Waals surface area contributed by atoms with Crippen LogP contribution in [0, 0.1) is 6.92 Å². The van der Waals surface area contributed by atoms with Gasteiger partial charge >= 0.3 is 0 Å². The maximum atomic E-state index is 9.86. The Bertz CT molecular complexity index is 574. The van der Waals surface area contributed by atoms with Crippen LogP contribution >= 0.6 is 0 Å². The Morgan fingerprint density at radius 3 is 2.84 bits per heavy atom. The molecule has 0 atom stereocenters. The van der Waals surface area contributed by atoms with Crippen molar-refractivity contribution in [2.24, 2.45) is 0 Å². The monoisotopic (exact) mass is 260 g/mol. The zero-order chi connectivity index (χ0) is 13.2. The van der Waals surface area contributed by atoms with Crippen molar-refractivity contribution in [3.05, 3.63) is 29.6 Å². The fourth-order valence-corrected chi connectivity index (χ4v) is 2.29. The Morgan fingerprint density at radius 2 is 2.05 bits per heavy atom. The standard InChI is InChI=1S/C14H16N2O3/c1-9-2-3-12(17)11(8-9)14-15-13(16-19-14)10-4-6-18-7-5-10/h2-3,8,10,17H,4-7H2,1H3. The van der Waals surface area contributed by atoms with Crippen LogP contribution in [-0.2, 0) is 4.74 Å². The summed E-state index contributed by atoms with van der Waals surface area (Å²) in [5.74, 6) is 1.54. The molecule has 1 aromatic heterocycles. The Labute approximate surface area is 111 Å². The van der Waals surface area contributed by atoms with Gasteiger partial charge in [-0.15, -0.1) is 0 Å². The third kappa shape index (κ3) is 2.46. The molecule has 5 heteroatoms. The van der Waals surface area contributed by atoms with E-state index in [9.17, 15) is 5.11 Å². The van der Waals surface area contributed by atoms with Crippen molar-refractivity contribution in [1.82, 2.24) is 10.1 Å². The minimum Gasteiger partial charge on any atom is -0.507 e. The van der Waals surface area contributed by atoms with E-state index in [1.165, 1.54) is 0 Å². The van der Waals surface area contributed by atoms with Crippen LogP contribution in [0.3, 0.4) is 0 Å². The molecule has 5 nitrogen and oxygen atoms in total. The minimum absolute atomic E-state index is 0.160. The van der Waals surface area contributed by atoms with Crippen molar-refractivity contribution in [2.45, 2.75) is 25.7 Å². The summed E-state index contributed by atoms with van der Waals surface area (Å²) in [5.41, 5.74) is 1.63. The number of hydrogen-bond donors (Lipinski definition) is 1. The summed E-state index contributed by atoms with van der Waals surface area (Å²) in [4.78, 5) is 4.41. The van der Waals surface area contributed by atoms with Gasteiger partial charge in [-0.05, 0) is 31.9 Å². The van der Waals surface area contributed by atoms with Crippen LogP contribution in [0.1, 0.15) is 30.1 Å². The summed E-state index contributed by atoms with van der Waals surface area (Å²) in [6, 6.07) is 5.33. The number of hydrogen-bond acceptors (Lipinski definition) is 5. The number of phenolic OH excluding ortho intramolecular Hbond substituents is 1. The van der Waals surface area contributed by atoms with Gasteiger partial charge in [-0.25, -0.2) is 0 Å². The summed E-state index contributed by atoms with van der Waals surface area (Å²) >= 11 is 0. The first-order valence-electron chi connectivity index (χ1n) is 6.45. The molecule has 0 radical (unpaired) electrons. The molecule has 100 valence electrons. The predicted molar refractivity (Wildman–Crippen MR) is 68.9 cm³/mol. The quantitative estimate of drug-likeness (QED) is 0.899. The third-order valence-corrected chi connectivity index (χ3v) is 3.41. The summed E-state index contributed by atoms with van der Waals surface area (Å²) in [7, 11) is 0. The van der Waals surface area contributed by atoms with Gasteiger partial charge in [0.15, 0.2) is 5.82 Å². The fourth-order valence-electron chi connectivity index (χ4n) is 2.29. The molecule has 0 amide bonds. The van der Waals surface area contributed by atoms with Gasteiger partial charge in [0, 0.05) is 19.1 Å². The van der Waals surface area contributed by atoms with Crippen molar-refractivity contribution < 1.29 is 14.4 Å². The molecule has 0 spiro atoms. The van der Waals surface area contributed by atoms with E-state index in [0.29, 0.717) is 23.2 Å². The molecule has 1 aliphatic rings. The van der Waals surface area contributed by atoms with Gasteiger partial charge < -0.3 is 14.4 Å². The Balaban J connectivity index is 1.89. The van der Waals surface area contributed by atoms with Crippen LogP contribution in [0.2, 0.25) is 0 Å². The van der Waals surface area contributed by atoms with E-state index in [2.05, 4.69) is 10.1 Å². The van der Waals surface area contributed by atoms with Gasteiger partial charge in [0.2, 0.25) is 0 Å². The van der Waals surface area contributed by atoms with Gasteiger partial charge in [0.25, 0.3) is 5.89 Å². The van der Waals surface area contributed by atoms with Crippen LogP contribution in [-0.4, -0.2) is 28.5 Å². The first kappa shape index (κ1) is 12.2. The second-order valence-corrected chi connectivity index (χ2v) is 4.86. The molecule has 0 unspecified atom stereocenters. The van der Waals surface area contributed by atoms with E-state index in [-0.39, 0.29) is 5.75 Å². The van der Waals surface area contributed by atoms with E-state index in [4.69, 9.17) is 9.26 Å². The number of aromatic nitrogens is 2. The molecule has 0 saturated carbocycles. The van der Waals surface area contributed by atoms with E-state index in [1.807, 2.05) is 19.1 Å². The van der Waals surface area contributed by atoms with E-state index in [1.54, 1.807) is 6.07 Å². The van der Waals surface area contributed by atoms with Crippen LogP contribution in [0.4, 0.5) is 0 Å². The molecule has 1 saturated heterocycles. The van der Waals surface area contributed by atoms with E-state index >= 15 is 0 Å². The lowest BCUT2D eigenvalue weighted by Gasteiger charge is -2.18. The highest BCUT2D eigenvalue weighted by Crippen LogP contribution is 2.31. The molecular weight excluding hydrogens is 244 g/mol. The second-order valence-electron chi connectivity index (χ2n) is 4.86. The van der Waals surface area contributed by atoms with Crippen LogP contribution in [0.25, 0.3) is 11.5 Å². The van der Waals surface area contributed by atoms with Crippen molar-refractivity contribution in [3.63, 3.8) is 0 Å². The Kier molecular flexibility index (Phi) is 3.21. The molecular formula is C14H16N2O3. The van der Waals surface area contributed by atoms with Crippen molar-refractivity contribution in [2.75, 3.05) is 13.2 Å². The first-order chi connectivity index (χ1) is 9.24. The van der Waals surface area contributed by atoms with Crippen molar-refractivity contribution in [3.8, 4) is 17.2 Å². The number of aromatic hydroxyl groups is 1. The smallest absolute Gasteiger partial charge is 0.261 e. The first-order valence-corrected chi connectivity index (χ1v) is 6.45. The molecule has 19 heavy (non-hydrogen) atoms. The lowest BCUT2D eigenvalue weighted by molar-refractivity contribution is 0.0830. The summed E-state index contributed by atoms with van der Waals surface area (Å²) in [6.45, 7) is 3.44. The lowest BCUT2D eigenvalue weighted by atomic mass is 10.00. The molecule has 2 heterocycles. The van der Waals surface area contributed by atoms with Gasteiger partial charge in [-0.2, -0.15) is 4.98 Å². The summed E-state index contributed by atoms with van der Waals surface area (Å²) in [6.07, 6.45) is 1.83. The maximum absolute atomic E-state index is 9.86. The maximum Gasteiger partial charge on any atom is 0.261 e. The van der Waals surface area contributed by atoms with Crippen LogP contribution in [0.5, 0.6) is 5.75 Å². The average Bonchev–Trinajstić information content (AvgIpc) is 2.92.